The molecule has 0 aliphatic heterocycles. The fourth-order valence-corrected chi connectivity index (χ4v) is 2.39. The monoisotopic (exact) mass is 253 g/mol. The summed E-state index contributed by atoms with van der Waals surface area (Å²) >= 11 is 0. The van der Waals surface area contributed by atoms with Crippen LogP contribution in [-0.4, -0.2) is 10.2 Å². The Balaban J connectivity index is 2.74. The first kappa shape index (κ1) is 13.0. The third kappa shape index (κ3) is 2.02. The molecule has 0 saturated heterocycles. The number of nitrogens with zero attached hydrogens (tertiary/aromatic N) is 1. The summed E-state index contributed by atoms with van der Waals surface area (Å²) in [5, 5.41) is 29.7. The molecule has 0 atom stereocenters. The second-order valence-corrected chi connectivity index (χ2v) is 4.40. The zero-order chi connectivity index (χ0) is 13.9. The maximum absolute atomic E-state index is 10.0. The fraction of sp³-hybridized carbons (Fsp3) is 0.188. The topological polar surface area (TPSA) is 64.2 Å². The summed E-state index contributed by atoms with van der Waals surface area (Å²) in [7, 11) is 0. The van der Waals surface area contributed by atoms with Gasteiger partial charge in [-0.15, -0.1) is 0 Å². The van der Waals surface area contributed by atoms with Gasteiger partial charge in [-0.1, -0.05) is 43.3 Å². The van der Waals surface area contributed by atoms with Gasteiger partial charge in [-0.05, 0) is 18.6 Å². The number of aromatic hydroxyl groups is 2. The summed E-state index contributed by atoms with van der Waals surface area (Å²) in [6.07, 6.45) is 0.457. The molecule has 0 saturated carbocycles. The predicted molar refractivity (Wildman–Crippen MR) is 72.9 cm³/mol. The van der Waals surface area contributed by atoms with E-state index >= 15 is 0 Å². The Morgan fingerprint density at radius 3 is 1.68 bits per heavy atom. The van der Waals surface area contributed by atoms with Crippen LogP contribution >= 0.6 is 0 Å². The minimum Gasteiger partial charge on any atom is -0.508 e. The zero-order valence-corrected chi connectivity index (χ0v) is 10.7. The van der Waals surface area contributed by atoms with Gasteiger partial charge in [-0.3, -0.25) is 0 Å². The number of phenols is 2. The van der Waals surface area contributed by atoms with Gasteiger partial charge in [0.2, 0.25) is 0 Å². The van der Waals surface area contributed by atoms with Crippen molar-refractivity contribution in [3.8, 4) is 17.6 Å². The molecule has 2 aromatic rings. The minimum absolute atomic E-state index is 0.0640. The van der Waals surface area contributed by atoms with Crippen LogP contribution in [0.2, 0.25) is 0 Å². The lowest BCUT2D eigenvalue weighted by Crippen LogP contribution is -2.25. The molecule has 0 aromatic heterocycles. The van der Waals surface area contributed by atoms with E-state index in [0.29, 0.717) is 17.5 Å². The molecule has 0 fully saturated rings. The highest BCUT2D eigenvalue weighted by molar-refractivity contribution is 5.55. The lowest BCUT2D eigenvalue weighted by Gasteiger charge is -2.27. The van der Waals surface area contributed by atoms with Crippen LogP contribution in [0.1, 0.15) is 24.5 Å². The SMILES string of the molecule is CCC(C#N)(c1ccccc1O)c1ccccc1O. The van der Waals surface area contributed by atoms with E-state index in [2.05, 4.69) is 6.07 Å². The quantitative estimate of drug-likeness (QED) is 0.882. The van der Waals surface area contributed by atoms with Crippen molar-refractivity contribution in [2.45, 2.75) is 18.8 Å². The van der Waals surface area contributed by atoms with E-state index in [4.69, 9.17) is 0 Å². The molecule has 2 aromatic carbocycles. The van der Waals surface area contributed by atoms with Crippen molar-refractivity contribution in [2.75, 3.05) is 0 Å². The highest BCUT2D eigenvalue weighted by Crippen LogP contribution is 2.42. The highest BCUT2D eigenvalue weighted by atomic mass is 16.3. The van der Waals surface area contributed by atoms with Crippen molar-refractivity contribution in [1.29, 1.82) is 5.26 Å². The fourth-order valence-electron chi connectivity index (χ4n) is 2.39. The first-order valence-corrected chi connectivity index (χ1v) is 6.14. The van der Waals surface area contributed by atoms with Crippen LogP contribution in [-0.2, 0) is 5.41 Å². The van der Waals surface area contributed by atoms with Gasteiger partial charge in [0, 0.05) is 11.1 Å². The lowest BCUT2D eigenvalue weighted by molar-refractivity contribution is 0.437. The summed E-state index contributed by atoms with van der Waals surface area (Å²) in [4.78, 5) is 0. The molecule has 2 rings (SSSR count). The molecule has 0 heterocycles. The Hall–Kier alpha value is -2.47. The lowest BCUT2D eigenvalue weighted by atomic mass is 9.73. The second-order valence-electron chi connectivity index (χ2n) is 4.40. The van der Waals surface area contributed by atoms with E-state index in [0.717, 1.165) is 0 Å². The number of nitriles is 1. The van der Waals surface area contributed by atoms with Crippen LogP contribution in [0, 0.1) is 11.3 Å². The van der Waals surface area contributed by atoms with Crippen LogP contribution in [0.15, 0.2) is 48.5 Å². The van der Waals surface area contributed by atoms with Crippen molar-refractivity contribution in [1.82, 2.24) is 0 Å². The molecule has 0 spiro atoms. The van der Waals surface area contributed by atoms with Crippen LogP contribution in [0.25, 0.3) is 0 Å². The molecule has 0 aliphatic carbocycles. The largest absolute Gasteiger partial charge is 0.508 e. The van der Waals surface area contributed by atoms with E-state index in [1.165, 1.54) is 0 Å². The Morgan fingerprint density at radius 1 is 0.947 bits per heavy atom. The number of hydrogen-bond donors (Lipinski definition) is 2. The molecular formula is C16H15NO2. The van der Waals surface area contributed by atoms with E-state index < -0.39 is 5.41 Å². The average molecular weight is 253 g/mol. The Kier molecular flexibility index (Phi) is 3.43. The highest BCUT2D eigenvalue weighted by Gasteiger charge is 2.36. The van der Waals surface area contributed by atoms with Crippen LogP contribution in [0.4, 0.5) is 0 Å². The third-order valence-corrected chi connectivity index (χ3v) is 3.45. The number of phenolic OH excluding ortho intramolecular Hbond substituents is 2. The summed E-state index contributed by atoms with van der Waals surface area (Å²) in [5.74, 6) is 0.128. The molecule has 0 amide bonds. The first-order chi connectivity index (χ1) is 9.15. The van der Waals surface area contributed by atoms with Gasteiger partial charge in [0.15, 0.2) is 0 Å². The van der Waals surface area contributed by atoms with Crippen LogP contribution in [0.3, 0.4) is 0 Å². The smallest absolute Gasteiger partial charge is 0.120 e. The molecule has 0 unspecified atom stereocenters. The summed E-state index contributed by atoms with van der Waals surface area (Å²) in [6, 6.07) is 15.8. The number of rotatable bonds is 3. The van der Waals surface area contributed by atoms with Gasteiger partial charge in [0.25, 0.3) is 0 Å². The van der Waals surface area contributed by atoms with E-state index in [9.17, 15) is 15.5 Å². The molecule has 0 radical (unpaired) electrons. The van der Waals surface area contributed by atoms with Crippen molar-refractivity contribution in [2.24, 2.45) is 0 Å². The maximum atomic E-state index is 10.0. The van der Waals surface area contributed by atoms with Gasteiger partial charge in [0.05, 0.1) is 6.07 Å². The normalized spacial score (nSPS) is 10.9. The van der Waals surface area contributed by atoms with Crippen molar-refractivity contribution in [3.63, 3.8) is 0 Å². The second kappa shape index (κ2) is 5.03. The Morgan fingerprint density at radius 2 is 1.37 bits per heavy atom. The van der Waals surface area contributed by atoms with Crippen LogP contribution < -0.4 is 0 Å². The van der Waals surface area contributed by atoms with E-state index in [1.54, 1.807) is 48.5 Å². The third-order valence-electron chi connectivity index (χ3n) is 3.45. The molecular weight excluding hydrogens is 238 g/mol. The summed E-state index contributed by atoms with van der Waals surface area (Å²) in [6.45, 7) is 1.86. The van der Waals surface area contributed by atoms with Gasteiger partial charge in [-0.25, -0.2) is 0 Å². The number of hydrogen-bond acceptors (Lipinski definition) is 3. The van der Waals surface area contributed by atoms with Gasteiger partial charge in [0.1, 0.15) is 16.9 Å². The molecule has 2 N–H and O–H groups in total. The van der Waals surface area contributed by atoms with Gasteiger partial charge >= 0.3 is 0 Å². The zero-order valence-electron chi connectivity index (χ0n) is 10.7. The molecule has 3 nitrogen and oxygen atoms in total. The summed E-state index contributed by atoms with van der Waals surface area (Å²) in [5.41, 5.74) is -0.0144. The first-order valence-electron chi connectivity index (χ1n) is 6.14. The average Bonchev–Trinajstić information content (AvgIpc) is 2.44. The standard InChI is InChI=1S/C16H15NO2/c1-2-16(11-17,12-7-3-5-9-14(12)18)13-8-4-6-10-15(13)19/h3-10,18-19H,2H2,1H3. The summed E-state index contributed by atoms with van der Waals surface area (Å²) < 4.78 is 0. The van der Waals surface area contributed by atoms with Gasteiger partial charge < -0.3 is 10.2 Å². The molecule has 0 bridgehead atoms. The van der Waals surface area contributed by atoms with Crippen molar-refractivity contribution in [3.05, 3.63) is 59.7 Å². The molecule has 3 heteroatoms. The molecule has 19 heavy (non-hydrogen) atoms. The van der Waals surface area contributed by atoms with Crippen molar-refractivity contribution >= 4 is 0 Å². The molecule has 96 valence electrons. The number of para-hydroxylation sites is 2. The minimum atomic E-state index is -1.04. The Bertz CT molecular complexity index is 583. The number of benzene rings is 2. The Labute approximate surface area is 112 Å². The maximum Gasteiger partial charge on any atom is 0.120 e. The van der Waals surface area contributed by atoms with E-state index in [1.807, 2.05) is 6.92 Å². The molecule has 0 aliphatic rings. The van der Waals surface area contributed by atoms with E-state index in [-0.39, 0.29) is 11.5 Å². The van der Waals surface area contributed by atoms with Crippen LogP contribution in [0.5, 0.6) is 11.5 Å². The van der Waals surface area contributed by atoms with Crippen molar-refractivity contribution < 1.29 is 10.2 Å². The predicted octanol–water partition coefficient (Wildman–Crippen LogP) is 3.32. The van der Waals surface area contributed by atoms with Gasteiger partial charge in [-0.2, -0.15) is 5.26 Å².